The average molecular weight is 426 g/mol. The largest absolute Gasteiger partial charge is 0.256 e. The van der Waals surface area contributed by atoms with Crippen LogP contribution in [0.25, 0.3) is 22.4 Å². The van der Waals surface area contributed by atoms with Crippen LogP contribution in [0.4, 0.5) is 0 Å². The van der Waals surface area contributed by atoms with E-state index in [1.54, 1.807) is 5.56 Å². The van der Waals surface area contributed by atoms with Crippen molar-refractivity contribution >= 4 is 0 Å². The predicted octanol–water partition coefficient (Wildman–Crippen LogP) is 9.15. The van der Waals surface area contributed by atoms with E-state index in [1.807, 2.05) is 6.20 Å². The summed E-state index contributed by atoms with van der Waals surface area (Å²) >= 11 is 0. The quantitative estimate of drug-likeness (QED) is 0.350. The van der Waals surface area contributed by atoms with Gasteiger partial charge in [-0.25, -0.2) is 0 Å². The Balaban J connectivity index is 1.74. The van der Waals surface area contributed by atoms with Crippen LogP contribution in [-0.2, 0) is 0 Å². The summed E-state index contributed by atoms with van der Waals surface area (Å²) in [5.41, 5.74) is 12.0. The number of pyridine rings is 1. The zero-order valence-electron chi connectivity index (χ0n) is 20.8. The van der Waals surface area contributed by atoms with Crippen molar-refractivity contribution in [2.75, 3.05) is 0 Å². The topological polar surface area (TPSA) is 12.9 Å². The van der Waals surface area contributed by atoms with E-state index < -0.39 is 0 Å². The van der Waals surface area contributed by atoms with Crippen molar-refractivity contribution in [2.24, 2.45) is 5.92 Å². The molecule has 1 aliphatic rings. The number of aromatic nitrogens is 1. The molecule has 3 unspecified atom stereocenters. The van der Waals surface area contributed by atoms with E-state index in [4.69, 9.17) is 4.98 Å². The third-order valence-electron chi connectivity index (χ3n) is 7.59. The Bertz CT molecular complexity index is 1070. The van der Waals surface area contributed by atoms with Gasteiger partial charge in [0.15, 0.2) is 0 Å². The minimum atomic E-state index is 0.603. The van der Waals surface area contributed by atoms with Crippen LogP contribution in [0.5, 0.6) is 0 Å². The van der Waals surface area contributed by atoms with Gasteiger partial charge in [-0.1, -0.05) is 58.2 Å². The van der Waals surface area contributed by atoms with Gasteiger partial charge in [0, 0.05) is 11.8 Å². The molecule has 0 N–H and O–H groups in total. The van der Waals surface area contributed by atoms with E-state index in [2.05, 4.69) is 84.0 Å². The van der Waals surface area contributed by atoms with Gasteiger partial charge in [0.25, 0.3) is 0 Å². The molecule has 1 aromatic heterocycles. The fourth-order valence-corrected chi connectivity index (χ4v) is 5.24. The molecule has 2 aromatic carbocycles. The van der Waals surface area contributed by atoms with Gasteiger partial charge in [0.2, 0.25) is 0 Å². The molecule has 1 heterocycles. The number of hydrogen-bond donors (Lipinski definition) is 0. The lowest BCUT2D eigenvalue weighted by Crippen LogP contribution is -1.97. The van der Waals surface area contributed by atoms with Gasteiger partial charge in [-0.05, 0) is 115 Å². The summed E-state index contributed by atoms with van der Waals surface area (Å²) in [4.78, 5) is 4.74. The fraction of sp³-hybridized carbons (Fsp3) is 0.452. The molecule has 3 atom stereocenters. The summed E-state index contributed by atoms with van der Waals surface area (Å²) in [6.45, 7) is 13.6. The maximum atomic E-state index is 4.74. The molecule has 4 rings (SSSR count). The highest BCUT2D eigenvalue weighted by molar-refractivity contribution is 5.72. The molecule has 0 radical (unpaired) electrons. The van der Waals surface area contributed by atoms with E-state index in [0.717, 1.165) is 17.5 Å². The normalized spacial score (nSPS) is 18.6. The lowest BCUT2D eigenvalue weighted by molar-refractivity contribution is 0.662. The van der Waals surface area contributed by atoms with Crippen molar-refractivity contribution < 1.29 is 0 Å². The molecule has 0 aliphatic heterocycles. The molecule has 0 spiro atoms. The third kappa shape index (κ3) is 4.82. The Morgan fingerprint density at radius 1 is 0.875 bits per heavy atom. The number of rotatable bonds is 8. The van der Waals surface area contributed by atoms with E-state index in [0.29, 0.717) is 5.92 Å². The van der Waals surface area contributed by atoms with E-state index in [9.17, 15) is 0 Å². The molecule has 1 saturated carbocycles. The molecule has 168 valence electrons. The monoisotopic (exact) mass is 425 g/mol. The molecule has 3 aromatic rings. The minimum Gasteiger partial charge on any atom is -0.256 e. The smallest absolute Gasteiger partial charge is 0.0708 e. The summed E-state index contributed by atoms with van der Waals surface area (Å²) < 4.78 is 0. The van der Waals surface area contributed by atoms with E-state index in [-0.39, 0.29) is 0 Å². The highest BCUT2D eigenvalue weighted by Crippen LogP contribution is 2.51. The first-order chi connectivity index (χ1) is 15.4. The van der Waals surface area contributed by atoms with Gasteiger partial charge < -0.3 is 0 Å². The molecule has 1 heteroatoms. The van der Waals surface area contributed by atoms with Crippen molar-refractivity contribution in [1.29, 1.82) is 0 Å². The van der Waals surface area contributed by atoms with Crippen molar-refractivity contribution in [2.45, 2.75) is 85.5 Å². The van der Waals surface area contributed by atoms with Crippen molar-refractivity contribution in [1.82, 2.24) is 4.98 Å². The Labute approximate surface area is 195 Å². The SMILES string of the molecule is CCCC(C)c1cc(-c2ccnc(-c3cc(C)c(C)c(C)c3)c2)cc(C2CC2CCC)c1. The van der Waals surface area contributed by atoms with Crippen LogP contribution in [0.15, 0.2) is 48.7 Å². The molecule has 0 saturated heterocycles. The highest BCUT2D eigenvalue weighted by Gasteiger charge is 2.37. The zero-order valence-corrected chi connectivity index (χ0v) is 20.8. The van der Waals surface area contributed by atoms with Crippen molar-refractivity contribution in [3.05, 3.63) is 76.5 Å². The number of nitrogens with zero attached hydrogens (tertiary/aromatic N) is 1. The van der Waals surface area contributed by atoms with Crippen LogP contribution in [0.2, 0.25) is 0 Å². The lowest BCUT2D eigenvalue weighted by Gasteiger charge is -2.16. The van der Waals surface area contributed by atoms with Gasteiger partial charge in [0.1, 0.15) is 0 Å². The van der Waals surface area contributed by atoms with Gasteiger partial charge in [-0.2, -0.15) is 0 Å². The molecule has 1 aliphatic carbocycles. The molecule has 1 nitrogen and oxygen atoms in total. The number of aryl methyl sites for hydroxylation is 2. The minimum absolute atomic E-state index is 0.603. The first-order valence-corrected chi connectivity index (χ1v) is 12.6. The molecule has 1 fully saturated rings. The summed E-state index contributed by atoms with van der Waals surface area (Å²) in [7, 11) is 0. The molecular weight excluding hydrogens is 386 g/mol. The standard InChI is InChI=1S/C31H39N/c1-7-9-20(3)26-15-27(17-28(16-26)30-18-25(30)10-8-2)24-11-12-32-31(19-24)29-13-21(4)23(6)22(5)14-29/h11-17,19-20,25,30H,7-10,18H2,1-6H3. The van der Waals surface area contributed by atoms with Crippen LogP contribution >= 0.6 is 0 Å². The Morgan fingerprint density at radius 2 is 1.62 bits per heavy atom. The molecule has 32 heavy (non-hydrogen) atoms. The lowest BCUT2D eigenvalue weighted by atomic mass is 9.89. The van der Waals surface area contributed by atoms with Gasteiger partial charge >= 0.3 is 0 Å². The first kappa shape index (κ1) is 22.8. The summed E-state index contributed by atoms with van der Waals surface area (Å²) in [6.07, 6.45) is 8.48. The predicted molar refractivity (Wildman–Crippen MR) is 138 cm³/mol. The van der Waals surface area contributed by atoms with Crippen LogP contribution < -0.4 is 0 Å². The average Bonchev–Trinajstić information content (AvgIpc) is 3.56. The second-order valence-electron chi connectivity index (χ2n) is 10.1. The molecule has 0 amide bonds. The van der Waals surface area contributed by atoms with Crippen LogP contribution in [0.1, 0.15) is 92.5 Å². The fourth-order valence-electron chi connectivity index (χ4n) is 5.24. The Kier molecular flexibility index (Phi) is 6.84. The van der Waals surface area contributed by atoms with Crippen molar-refractivity contribution in [3.63, 3.8) is 0 Å². The van der Waals surface area contributed by atoms with Crippen molar-refractivity contribution in [3.8, 4) is 22.4 Å². The van der Waals surface area contributed by atoms with E-state index in [1.165, 1.54) is 71.0 Å². The number of benzene rings is 2. The summed E-state index contributed by atoms with van der Waals surface area (Å²) in [5, 5.41) is 0. The van der Waals surface area contributed by atoms with Gasteiger partial charge in [0.05, 0.1) is 5.69 Å². The van der Waals surface area contributed by atoms with E-state index >= 15 is 0 Å². The highest BCUT2D eigenvalue weighted by atomic mass is 14.7. The van der Waals surface area contributed by atoms with Gasteiger partial charge in [-0.3, -0.25) is 4.98 Å². The van der Waals surface area contributed by atoms with Crippen LogP contribution in [0, 0.1) is 26.7 Å². The first-order valence-electron chi connectivity index (χ1n) is 12.6. The Morgan fingerprint density at radius 3 is 2.31 bits per heavy atom. The maximum Gasteiger partial charge on any atom is 0.0708 e. The summed E-state index contributed by atoms with van der Waals surface area (Å²) in [5.74, 6) is 2.24. The third-order valence-corrected chi connectivity index (χ3v) is 7.59. The number of hydrogen-bond acceptors (Lipinski definition) is 1. The maximum absolute atomic E-state index is 4.74. The van der Waals surface area contributed by atoms with Gasteiger partial charge in [-0.15, -0.1) is 0 Å². The summed E-state index contributed by atoms with van der Waals surface area (Å²) in [6, 6.07) is 16.4. The second kappa shape index (κ2) is 9.61. The molecular formula is C31H39N. The zero-order chi connectivity index (χ0) is 22.8. The van der Waals surface area contributed by atoms with Crippen LogP contribution in [0.3, 0.4) is 0 Å². The second-order valence-corrected chi connectivity index (χ2v) is 10.1. The van der Waals surface area contributed by atoms with Crippen LogP contribution in [-0.4, -0.2) is 4.98 Å². The Hall–Kier alpha value is -2.41. The molecule has 0 bridgehead atoms.